The van der Waals surface area contributed by atoms with Gasteiger partial charge in [0.15, 0.2) is 0 Å². The Hall–Kier alpha value is -2.74. The lowest BCUT2D eigenvalue weighted by atomic mass is 10.0. The van der Waals surface area contributed by atoms with E-state index in [1.165, 1.54) is 27.7 Å². The highest BCUT2D eigenvalue weighted by molar-refractivity contribution is 5.92. The molecule has 1 aliphatic heterocycles. The summed E-state index contributed by atoms with van der Waals surface area (Å²) in [7, 11) is 0. The van der Waals surface area contributed by atoms with E-state index in [-0.39, 0.29) is 5.48 Å². The van der Waals surface area contributed by atoms with Crippen molar-refractivity contribution in [3.05, 3.63) is 70.9 Å². The smallest absolute Gasteiger partial charge is 0.248 e. The Labute approximate surface area is 214 Å². The highest BCUT2D eigenvalue weighted by Gasteiger charge is 2.24. The molecule has 0 saturated carbocycles. The van der Waals surface area contributed by atoms with Crippen molar-refractivity contribution in [3.8, 4) is 0 Å². The van der Waals surface area contributed by atoms with Crippen molar-refractivity contribution in [1.29, 1.82) is 0 Å². The third-order valence-electron chi connectivity index (χ3n) is 7.15. The van der Waals surface area contributed by atoms with Crippen molar-refractivity contribution >= 4 is 16.8 Å². The van der Waals surface area contributed by atoms with Gasteiger partial charge >= 0.3 is 0 Å². The summed E-state index contributed by atoms with van der Waals surface area (Å²) in [5.41, 5.74) is 9.94. The molecule has 196 valence electrons. The van der Waals surface area contributed by atoms with Crippen LogP contribution in [0.1, 0.15) is 53.9 Å². The second-order valence-electron chi connectivity index (χ2n) is 10.5. The normalized spacial score (nSPS) is 15.2. The number of rotatable bonds is 10. The number of aryl methyl sites for hydroxylation is 1. The SMILES string of the molecule is Cc1c(Cc2ccc(C(N)=O)cc2)c2ccccc2n1CCCCN1CCN(CC(C)(C)F)CC1.O. The van der Waals surface area contributed by atoms with Crippen LogP contribution in [0.25, 0.3) is 10.9 Å². The van der Waals surface area contributed by atoms with Gasteiger partial charge in [-0.05, 0) is 75.9 Å². The van der Waals surface area contributed by atoms with Crippen molar-refractivity contribution in [3.63, 3.8) is 0 Å². The Balaban J connectivity index is 0.00000361. The molecular weight excluding hydrogens is 455 g/mol. The number of nitrogens with two attached hydrogens (primary N) is 1. The van der Waals surface area contributed by atoms with Crippen LogP contribution >= 0.6 is 0 Å². The number of hydrogen-bond acceptors (Lipinski definition) is 3. The van der Waals surface area contributed by atoms with Gasteiger partial charge in [0.2, 0.25) is 5.91 Å². The Kier molecular flexibility index (Phi) is 9.28. The fourth-order valence-electron chi connectivity index (χ4n) is 5.31. The molecule has 6 nitrogen and oxygen atoms in total. The van der Waals surface area contributed by atoms with Crippen LogP contribution in [0.5, 0.6) is 0 Å². The second-order valence-corrected chi connectivity index (χ2v) is 10.5. The maximum absolute atomic E-state index is 13.9. The molecular formula is C29H41FN4O2. The molecule has 0 bridgehead atoms. The highest BCUT2D eigenvalue weighted by Crippen LogP contribution is 2.28. The van der Waals surface area contributed by atoms with Gasteiger partial charge in [-0.15, -0.1) is 0 Å². The summed E-state index contributed by atoms with van der Waals surface area (Å²) in [5.74, 6) is -0.394. The zero-order valence-electron chi connectivity index (χ0n) is 21.9. The molecule has 4 N–H and O–H groups in total. The molecule has 1 aromatic heterocycles. The molecule has 1 saturated heterocycles. The number of aromatic nitrogens is 1. The average Bonchev–Trinajstić information content (AvgIpc) is 3.08. The standard InChI is InChI=1S/C29H39FN4O.H2O/c1-22-26(20-23-10-12-24(13-11-23)28(31)35)25-8-4-5-9-27(25)34(22)15-7-6-14-32-16-18-33(19-17-32)21-29(2,3)30;/h4-5,8-13H,6-7,14-21H2,1-3H3,(H2,31,35);1H2. The van der Waals surface area contributed by atoms with Crippen molar-refractivity contribution < 1.29 is 14.7 Å². The Morgan fingerprint density at radius 3 is 2.19 bits per heavy atom. The quantitative estimate of drug-likeness (QED) is 0.431. The highest BCUT2D eigenvalue weighted by atomic mass is 19.1. The number of fused-ring (bicyclic) bond motifs is 1. The number of para-hydroxylation sites is 1. The minimum Gasteiger partial charge on any atom is -0.412 e. The topological polar surface area (TPSA) is 86.0 Å². The van der Waals surface area contributed by atoms with Gasteiger partial charge in [0.25, 0.3) is 0 Å². The van der Waals surface area contributed by atoms with E-state index in [4.69, 9.17) is 5.73 Å². The van der Waals surface area contributed by atoms with Gasteiger partial charge in [0.05, 0.1) is 0 Å². The van der Waals surface area contributed by atoms with E-state index in [1.54, 1.807) is 13.8 Å². The summed E-state index contributed by atoms with van der Waals surface area (Å²) in [5, 5.41) is 1.30. The van der Waals surface area contributed by atoms with Gasteiger partial charge in [-0.25, -0.2) is 4.39 Å². The summed E-state index contributed by atoms with van der Waals surface area (Å²) in [6.45, 7) is 12.1. The number of unbranched alkanes of at least 4 members (excludes halogenated alkanes) is 1. The lowest BCUT2D eigenvalue weighted by molar-refractivity contribution is 0.0753. The lowest BCUT2D eigenvalue weighted by Gasteiger charge is -2.36. The van der Waals surface area contributed by atoms with Crippen LogP contribution in [0.3, 0.4) is 0 Å². The largest absolute Gasteiger partial charge is 0.412 e. The molecule has 1 fully saturated rings. The summed E-state index contributed by atoms with van der Waals surface area (Å²) >= 11 is 0. The number of piperazine rings is 1. The first-order valence-electron chi connectivity index (χ1n) is 12.8. The minimum atomic E-state index is -1.12. The fraction of sp³-hybridized carbons (Fsp3) is 0.483. The number of hydrogen-bond donors (Lipinski definition) is 1. The summed E-state index contributed by atoms with van der Waals surface area (Å²) in [4.78, 5) is 16.2. The average molecular weight is 497 g/mol. The number of nitrogens with zero attached hydrogens (tertiary/aromatic N) is 3. The van der Waals surface area contributed by atoms with Crippen molar-refractivity contribution in [2.24, 2.45) is 5.73 Å². The van der Waals surface area contributed by atoms with E-state index < -0.39 is 11.6 Å². The monoisotopic (exact) mass is 496 g/mol. The first-order valence-corrected chi connectivity index (χ1v) is 12.8. The molecule has 4 rings (SSSR count). The number of carbonyl (C=O) groups excluding carboxylic acids is 1. The summed E-state index contributed by atoms with van der Waals surface area (Å²) < 4.78 is 16.4. The van der Waals surface area contributed by atoms with Crippen molar-refractivity contribution in [2.75, 3.05) is 39.3 Å². The van der Waals surface area contributed by atoms with E-state index in [0.717, 1.165) is 58.5 Å². The number of carbonyl (C=O) groups is 1. The van der Waals surface area contributed by atoms with Gasteiger partial charge < -0.3 is 20.7 Å². The molecule has 1 aliphatic rings. The minimum absolute atomic E-state index is 0. The maximum atomic E-state index is 13.9. The van der Waals surface area contributed by atoms with Gasteiger partial charge in [-0.2, -0.15) is 0 Å². The van der Waals surface area contributed by atoms with Gasteiger partial charge in [-0.3, -0.25) is 9.69 Å². The molecule has 2 heterocycles. The third-order valence-corrected chi connectivity index (χ3v) is 7.15. The van der Waals surface area contributed by atoms with Crippen LogP contribution in [-0.2, 0) is 13.0 Å². The van der Waals surface area contributed by atoms with Crippen molar-refractivity contribution in [1.82, 2.24) is 14.4 Å². The van der Waals surface area contributed by atoms with E-state index in [0.29, 0.717) is 12.1 Å². The summed E-state index contributed by atoms with van der Waals surface area (Å²) in [6, 6.07) is 16.3. The van der Waals surface area contributed by atoms with Crippen LogP contribution in [0.15, 0.2) is 48.5 Å². The first kappa shape index (κ1) is 27.8. The van der Waals surface area contributed by atoms with Crippen LogP contribution in [0.2, 0.25) is 0 Å². The third kappa shape index (κ3) is 6.93. The zero-order chi connectivity index (χ0) is 25.0. The van der Waals surface area contributed by atoms with Crippen LogP contribution in [-0.4, -0.2) is 70.7 Å². The van der Waals surface area contributed by atoms with E-state index in [2.05, 4.69) is 45.6 Å². The Morgan fingerprint density at radius 1 is 0.944 bits per heavy atom. The van der Waals surface area contributed by atoms with Crippen LogP contribution in [0, 0.1) is 6.92 Å². The molecule has 2 aromatic carbocycles. The lowest BCUT2D eigenvalue weighted by Crippen LogP contribution is -2.49. The Morgan fingerprint density at radius 2 is 1.56 bits per heavy atom. The second kappa shape index (κ2) is 12.0. The predicted octanol–water partition coefficient (Wildman–Crippen LogP) is 3.96. The molecule has 7 heteroatoms. The van der Waals surface area contributed by atoms with Gasteiger partial charge in [-0.1, -0.05) is 30.3 Å². The number of alkyl halides is 1. The molecule has 0 aliphatic carbocycles. The molecule has 1 amide bonds. The predicted molar refractivity (Wildman–Crippen MR) is 145 cm³/mol. The molecule has 3 aromatic rings. The number of amides is 1. The maximum Gasteiger partial charge on any atom is 0.248 e. The van der Waals surface area contributed by atoms with E-state index in [1.807, 2.05) is 24.3 Å². The molecule has 0 radical (unpaired) electrons. The fourth-order valence-corrected chi connectivity index (χ4v) is 5.31. The van der Waals surface area contributed by atoms with Crippen LogP contribution < -0.4 is 5.73 Å². The van der Waals surface area contributed by atoms with Crippen LogP contribution in [0.4, 0.5) is 4.39 Å². The van der Waals surface area contributed by atoms with E-state index >= 15 is 0 Å². The number of halogens is 1. The first-order chi connectivity index (χ1) is 16.7. The van der Waals surface area contributed by atoms with Gasteiger partial charge in [0, 0.05) is 61.4 Å². The molecule has 36 heavy (non-hydrogen) atoms. The molecule has 0 unspecified atom stereocenters. The molecule has 0 spiro atoms. The zero-order valence-corrected chi connectivity index (χ0v) is 21.9. The van der Waals surface area contributed by atoms with Gasteiger partial charge in [0.1, 0.15) is 5.67 Å². The summed E-state index contributed by atoms with van der Waals surface area (Å²) in [6.07, 6.45) is 3.12. The number of benzene rings is 2. The van der Waals surface area contributed by atoms with E-state index in [9.17, 15) is 9.18 Å². The number of primary amides is 1. The Bertz CT molecular complexity index is 1140. The molecule has 0 atom stereocenters. The van der Waals surface area contributed by atoms with Crippen molar-refractivity contribution in [2.45, 2.75) is 52.2 Å².